The van der Waals surface area contributed by atoms with Gasteiger partial charge in [-0.2, -0.15) is 0 Å². The highest BCUT2D eigenvalue weighted by molar-refractivity contribution is 7.89. The minimum absolute atomic E-state index is 0.177. The van der Waals surface area contributed by atoms with E-state index < -0.39 is 9.84 Å². The molecular weight excluding hydrogens is 226 g/mol. The predicted octanol–water partition coefficient (Wildman–Crippen LogP) is 0.901. The SMILES string of the molecule is CC(C)(C)c1cc(N)nc(CS(C)(=O)=O)n1. The van der Waals surface area contributed by atoms with E-state index in [0.29, 0.717) is 5.82 Å². The Morgan fingerprint density at radius 1 is 1.31 bits per heavy atom. The molecule has 0 radical (unpaired) electrons. The van der Waals surface area contributed by atoms with Gasteiger partial charge in [0.15, 0.2) is 9.84 Å². The van der Waals surface area contributed by atoms with Crippen molar-refractivity contribution in [2.75, 3.05) is 12.0 Å². The van der Waals surface area contributed by atoms with Gasteiger partial charge in [-0.1, -0.05) is 20.8 Å². The first-order chi connectivity index (χ1) is 7.08. The fourth-order valence-corrected chi connectivity index (χ4v) is 1.80. The third-order valence-electron chi connectivity index (χ3n) is 1.95. The Bertz CT molecular complexity index is 489. The fraction of sp³-hybridized carbons (Fsp3) is 0.600. The van der Waals surface area contributed by atoms with Gasteiger partial charge < -0.3 is 5.73 Å². The molecule has 0 aliphatic rings. The summed E-state index contributed by atoms with van der Waals surface area (Å²) in [6.45, 7) is 5.96. The van der Waals surface area contributed by atoms with Crippen LogP contribution in [-0.2, 0) is 21.0 Å². The quantitative estimate of drug-likeness (QED) is 0.834. The van der Waals surface area contributed by atoms with Crippen molar-refractivity contribution >= 4 is 15.7 Å². The molecule has 2 N–H and O–H groups in total. The lowest BCUT2D eigenvalue weighted by Gasteiger charge is -2.18. The molecule has 0 aromatic carbocycles. The number of rotatable bonds is 2. The summed E-state index contributed by atoms with van der Waals surface area (Å²) < 4.78 is 22.3. The number of nitrogens with two attached hydrogens (primary N) is 1. The van der Waals surface area contributed by atoms with Crippen molar-refractivity contribution in [1.29, 1.82) is 0 Å². The maximum atomic E-state index is 11.2. The van der Waals surface area contributed by atoms with Gasteiger partial charge in [0, 0.05) is 17.7 Å². The second kappa shape index (κ2) is 4.01. The van der Waals surface area contributed by atoms with Gasteiger partial charge in [-0.15, -0.1) is 0 Å². The minimum atomic E-state index is -3.14. The molecule has 0 fully saturated rings. The Hall–Kier alpha value is -1.17. The van der Waals surface area contributed by atoms with Crippen LogP contribution in [-0.4, -0.2) is 24.6 Å². The van der Waals surface area contributed by atoms with Gasteiger partial charge in [-0.3, -0.25) is 0 Å². The van der Waals surface area contributed by atoms with Crippen LogP contribution in [0.4, 0.5) is 5.82 Å². The first-order valence-electron chi connectivity index (χ1n) is 4.89. The highest BCUT2D eigenvalue weighted by Crippen LogP contribution is 2.21. The minimum Gasteiger partial charge on any atom is -0.384 e. The maximum absolute atomic E-state index is 11.2. The number of nitrogens with zero attached hydrogens (tertiary/aromatic N) is 2. The van der Waals surface area contributed by atoms with Gasteiger partial charge >= 0.3 is 0 Å². The summed E-state index contributed by atoms with van der Waals surface area (Å²) in [6.07, 6.45) is 1.15. The molecule has 0 unspecified atom stereocenters. The number of hydrogen-bond donors (Lipinski definition) is 1. The molecule has 1 heterocycles. The van der Waals surface area contributed by atoms with Crippen LogP contribution < -0.4 is 5.73 Å². The highest BCUT2D eigenvalue weighted by atomic mass is 32.2. The van der Waals surface area contributed by atoms with Crippen molar-refractivity contribution in [1.82, 2.24) is 9.97 Å². The van der Waals surface area contributed by atoms with Crippen LogP contribution in [0.2, 0.25) is 0 Å². The average Bonchev–Trinajstić information content (AvgIpc) is 1.97. The third-order valence-corrected chi connectivity index (χ3v) is 2.73. The van der Waals surface area contributed by atoms with Gasteiger partial charge in [0.25, 0.3) is 0 Å². The molecule has 0 atom stereocenters. The third kappa shape index (κ3) is 3.77. The van der Waals surface area contributed by atoms with Gasteiger partial charge in [0.2, 0.25) is 0 Å². The Balaban J connectivity index is 3.19. The lowest BCUT2D eigenvalue weighted by Crippen LogP contribution is -2.17. The molecular formula is C10H17N3O2S. The van der Waals surface area contributed by atoms with E-state index in [1.165, 1.54) is 0 Å². The predicted molar refractivity (Wildman–Crippen MR) is 63.7 cm³/mol. The standard InChI is InChI=1S/C10H17N3O2S/c1-10(2,3)7-5-8(11)13-9(12-7)6-16(4,14)15/h5H,6H2,1-4H3,(H2,11,12,13). The van der Waals surface area contributed by atoms with E-state index in [2.05, 4.69) is 9.97 Å². The molecule has 0 aliphatic carbocycles. The molecule has 1 aromatic heterocycles. The molecule has 0 saturated heterocycles. The van der Waals surface area contributed by atoms with E-state index >= 15 is 0 Å². The van der Waals surface area contributed by atoms with Gasteiger partial charge in [0.05, 0.1) is 5.69 Å². The van der Waals surface area contributed by atoms with E-state index in [4.69, 9.17) is 5.73 Å². The van der Waals surface area contributed by atoms with Crippen LogP contribution in [0.25, 0.3) is 0 Å². The van der Waals surface area contributed by atoms with Crippen LogP contribution in [0.3, 0.4) is 0 Å². The van der Waals surface area contributed by atoms with E-state index in [1.54, 1.807) is 6.07 Å². The van der Waals surface area contributed by atoms with Crippen LogP contribution in [0.15, 0.2) is 6.07 Å². The van der Waals surface area contributed by atoms with E-state index in [1.807, 2.05) is 20.8 Å². The largest absolute Gasteiger partial charge is 0.384 e. The Labute approximate surface area is 96.0 Å². The smallest absolute Gasteiger partial charge is 0.154 e. The summed E-state index contributed by atoms with van der Waals surface area (Å²) in [7, 11) is -3.14. The zero-order chi connectivity index (χ0) is 12.6. The number of anilines is 1. The van der Waals surface area contributed by atoms with Gasteiger partial charge in [-0.25, -0.2) is 18.4 Å². The van der Waals surface area contributed by atoms with Crippen molar-refractivity contribution in [2.45, 2.75) is 31.9 Å². The van der Waals surface area contributed by atoms with Gasteiger partial charge in [-0.05, 0) is 0 Å². The number of nitrogen functional groups attached to an aromatic ring is 1. The molecule has 1 rings (SSSR count). The van der Waals surface area contributed by atoms with Crippen molar-refractivity contribution < 1.29 is 8.42 Å². The Morgan fingerprint density at radius 2 is 1.88 bits per heavy atom. The number of sulfone groups is 1. The topological polar surface area (TPSA) is 85.9 Å². The zero-order valence-electron chi connectivity index (χ0n) is 9.98. The normalized spacial score (nSPS) is 12.8. The number of aromatic nitrogens is 2. The molecule has 16 heavy (non-hydrogen) atoms. The maximum Gasteiger partial charge on any atom is 0.154 e. The van der Waals surface area contributed by atoms with Gasteiger partial charge in [0.1, 0.15) is 17.4 Å². The van der Waals surface area contributed by atoms with E-state index in [9.17, 15) is 8.42 Å². The zero-order valence-corrected chi connectivity index (χ0v) is 10.8. The molecule has 0 saturated carbocycles. The van der Waals surface area contributed by atoms with Crippen molar-refractivity contribution in [3.8, 4) is 0 Å². The van der Waals surface area contributed by atoms with Crippen LogP contribution in [0.5, 0.6) is 0 Å². The lowest BCUT2D eigenvalue weighted by atomic mass is 9.92. The summed E-state index contributed by atoms with van der Waals surface area (Å²) in [4.78, 5) is 8.14. The second-order valence-corrected chi connectivity index (χ2v) is 7.05. The summed E-state index contributed by atoms with van der Waals surface area (Å²) in [5, 5.41) is 0. The fourth-order valence-electron chi connectivity index (χ4n) is 1.20. The molecule has 6 heteroatoms. The summed E-state index contributed by atoms with van der Waals surface area (Å²) >= 11 is 0. The highest BCUT2D eigenvalue weighted by Gasteiger charge is 2.18. The Kier molecular flexibility index (Phi) is 3.23. The lowest BCUT2D eigenvalue weighted by molar-refractivity contribution is 0.562. The molecule has 90 valence electrons. The van der Waals surface area contributed by atoms with Crippen molar-refractivity contribution in [3.05, 3.63) is 17.6 Å². The first-order valence-corrected chi connectivity index (χ1v) is 6.95. The Morgan fingerprint density at radius 3 is 2.31 bits per heavy atom. The molecule has 0 bridgehead atoms. The molecule has 1 aromatic rings. The van der Waals surface area contributed by atoms with E-state index in [0.717, 1.165) is 11.9 Å². The van der Waals surface area contributed by atoms with Crippen LogP contribution in [0, 0.1) is 0 Å². The average molecular weight is 243 g/mol. The monoisotopic (exact) mass is 243 g/mol. The first kappa shape index (κ1) is 12.9. The summed E-state index contributed by atoms with van der Waals surface area (Å²) in [5.74, 6) is 0.382. The molecule has 0 aliphatic heterocycles. The van der Waals surface area contributed by atoms with Crippen molar-refractivity contribution in [2.24, 2.45) is 0 Å². The molecule has 5 nitrogen and oxygen atoms in total. The van der Waals surface area contributed by atoms with Crippen molar-refractivity contribution in [3.63, 3.8) is 0 Å². The number of hydrogen-bond acceptors (Lipinski definition) is 5. The summed E-state index contributed by atoms with van der Waals surface area (Å²) in [5.41, 5.74) is 6.20. The van der Waals surface area contributed by atoms with Crippen LogP contribution in [0.1, 0.15) is 32.3 Å². The summed E-state index contributed by atoms with van der Waals surface area (Å²) in [6, 6.07) is 1.67. The van der Waals surface area contributed by atoms with Crippen LogP contribution >= 0.6 is 0 Å². The molecule has 0 amide bonds. The molecule has 0 spiro atoms. The second-order valence-electron chi connectivity index (χ2n) is 4.91. The van der Waals surface area contributed by atoms with E-state index in [-0.39, 0.29) is 17.0 Å².